The molecule has 1 heterocycles. The standard InChI is InChI=1S/C8H16INO4S2/c1-2-16(11,12)10-7-3-4-8(13-5-7)6-14-15-9/h7-8,10H,2-6H2,1H3/t7-,8+/m1/s1. The van der Waals surface area contributed by atoms with Crippen LogP contribution in [0.3, 0.4) is 0 Å². The van der Waals surface area contributed by atoms with Crippen molar-refractivity contribution >= 4 is 40.4 Å². The molecule has 16 heavy (non-hydrogen) atoms. The van der Waals surface area contributed by atoms with Crippen LogP contribution in [0.25, 0.3) is 0 Å². The van der Waals surface area contributed by atoms with Crippen molar-refractivity contribution in [3.8, 4) is 0 Å². The summed E-state index contributed by atoms with van der Waals surface area (Å²) < 4.78 is 36.0. The highest BCUT2D eigenvalue weighted by molar-refractivity contribution is 14.2. The zero-order chi connectivity index (χ0) is 12.0. The average Bonchev–Trinajstić information content (AvgIpc) is 2.28. The Morgan fingerprint density at radius 2 is 2.31 bits per heavy atom. The van der Waals surface area contributed by atoms with Crippen LogP contribution in [0.5, 0.6) is 0 Å². The van der Waals surface area contributed by atoms with Crippen LogP contribution in [0.1, 0.15) is 19.8 Å². The number of nitrogens with one attached hydrogen (secondary N) is 1. The summed E-state index contributed by atoms with van der Waals surface area (Å²) in [6.07, 6.45) is 1.72. The quantitative estimate of drug-likeness (QED) is 0.558. The lowest BCUT2D eigenvalue weighted by Crippen LogP contribution is -2.44. The Hall–Kier alpha value is 0.910. The predicted octanol–water partition coefficient (Wildman–Crippen LogP) is 1.49. The molecular weight excluding hydrogens is 365 g/mol. The molecule has 5 nitrogen and oxygen atoms in total. The molecular formula is C8H16INO4S2. The second-order valence-electron chi connectivity index (χ2n) is 3.60. The molecule has 96 valence electrons. The second-order valence-corrected chi connectivity index (χ2v) is 7.08. The van der Waals surface area contributed by atoms with E-state index in [9.17, 15) is 8.42 Å². The Bertz CT molecular complexity index is 290. The molecule has 2 atom stereocenters. The molecule has 1 rings (SSSR count). The van der Waals surface area contributed by atoms with Gasteiger partial charge in [-0.1, -0.05) is 0 Å². The number of rotatable bonds is 6. The van der Waals surface area contributed by atoms with Crippen molar-refractivity contribution in [2.75, 3.05) is 19.0 Å². The zero-order valence-electron chi connectivity index (χ0n) is 9.02. The largest absolute Gasteiger partial charge is 0.374 e. The number of halogens is 1. The van der Waals surface area contributed by atoms with Crippen molar-refractivity contribution in [3.63, 3.8) is 0 Å². The van der Waals surface area contributed by atoms with E-state index in [4.69, 9.17) is 8.92 Å². The van der Waals surface area contributed by atoms with Gasteiger partial charge in [-0.15, -0.1) is 0 Å². The first-order chi connectivity index (χ1) is 7.57. The smallest absolute Gasteiger partial charge is 0.211 e. The topological polar surface area (TPSA) is 64.6 Å². The molecule has 0 saturated carbocycles. The van der Waals surface area contributed by atoms with Crippen molar-refractivity contribution in [1.82, 2.24) is 4.72 Å². The van der Waals surface area contributed by atoms with E-state index in [1.165, 1.54) is 9.21 Å². The molecule has 0 amide bonds. The van der Waals surface area contributed by atoms with Gasteiger partial charge in [0.15, 0.2) is 0 Å². The van der Waals surface area contributed by atoms with Gasteiger partial charge in [-0.3, -0.25) is 0 Å². The van der Waals surface area contributed by atoms with Gasteiger partial charge in [0.1, 0.15) is 0 Å². The lowest BCUT2D eigenvalue weighted by Gasteiger charge is -2.28. The Kier molecular flexibility index (Phi) is 6.89. The number of hydrogen-bond donors (Lipinski definition) is 1. The molecule has 1 aliphatic heterocycles. The fourth-order valence-electron chi connectivity index (χ4n) is 1.47. The maximum Gasteiger partial charge on any atom is 0.211 e. The van der Waals surface area contributed by atoms with Crippen LogP contribution in [-0.4, -0.2) is 39.5 Å². The number of sulfonamides is 1. The third kappa shape index (κ3) is 5.50. The van der Waals surface area contributed by atoms with Gasteiger partial charge in [0.2, 0.25) is 10.0 Å². The van der Waals surface area contributed by atoms with Gasteiger partial charge < -0.3 is 8.92 Å². The first-order valence-corrected chi connectivity index (χ1v) is 10.0. The average molecular weight is 381 g/mol. The minimum absolute atomic E-state index is 0.0876. The van der Waals surface area contributed by atoms with E-state index < -0.39 is 10.0 Å². The second kappa shape index (κ2) is 7.37. The van der Waals surface area contributed by atoms with Crippen LogP contribution < -0.4 is 4.72 Å². The summed E-state index contributed by atoms with van der Waals surface area (Å²) >= 11 is 2.06. The molecule has 1 fully saturated rings. The summed E-state index contributed by atoms with van der Waals surface area (Å²) in [6.45, 7) is 2.61. The highest BCUT2D eigenvalue weighted by Gasteiger charge is 2.24. The molecule has 0 aromatic carbocycles. The number of hydrogen-bond acceptors (Lipinski definition) is 5. The fourth-order valence-corrected chi connectivity index (χ4v) is 2.97. The third-order valence-corrected chi connectivity index (χ3v) is 4.84. The van der Waals surface area contributed by atoms with Gasteiger partial charge in [0, 0.05) is 27.2 Å². The molecule has 0 bridgehead atoms. The monoisotopic (exact) mass is 381 g/mol. The van der Waals surface area contributed by atoms with E-state index >= 15 is 0 Å². The van der Waals surface area contributed by atoms with E-state index in [1.54, 1.807) is 6.92 Å². The van der Waals surface area contributed by atoms with E-state index in [0.717, 1.165) is 12.8 Å². The highest BCUT2D eigenvalue weighted by Crippen LogP contribution is 2.19. The Balaban J connectivity index is 2.27. The summed E-state index contributed by atoms with van der Waals surface area (Å²) in [5.74, 6) is 0.113. The maximum absolute atomic E-state index is 11.3. The van der Waals surface area contributed by atoms with Crippen molar-refractivity contribution in [3.05, 3.63) is 0 Å². The maximum atomic E-state index is 11.3. The lowest BCUT2D eigenvalue weighted by atomic mass is 10.1. The summed E-state index contributed by atoms with van der Waals surface area (Å²) in [7, 11) is -1.83. The summed E-state index contributed by atoms with van der Waals surface area (Å²) in [4.78, 5) is 0. The van der Waals surface area contributed by atoms with Crippen LogP contribution in [0.15, 0.2) is 0 Å². The fraction of sp³-hybridized carbons (Fsp3) is 1.00. The van der Waals surface area contributed by atoms with Crippen molar-refractivity contribution in [1.29, 1.82) is 0 Å². The number of ether oxygens (including phenoxy) is 1. The van der Waals surface area contributed by atoms with Crippen molar-refractivity contribution < 1.29 is 17.3 Å². The molecule has 0 unspecified atom stereocenters. The van der Waals surface area contributed by atoms with Gasteiger partial charge in [-0.05, 0) is 19.8 Å². The molecule has 1 N–H and O–H groups in total. The van der Waals surface area contributed by atoms with E-state index in [-0.39, 0.29) is 17.9 Å². The van der Waals surface area contributed by atoms with Crippen LogP contribution in [0.4, 0.5) is 0 Å². The molecule has 1 aliphatic rings. The zero-order valence-corrected chi connectivity index (χ0v) is 12.8. The lowest BCUT2D eigenvalue weighted by molar-refractivity contribution is -0.0184. The minimum Gasteiger partial charge on any atom is -0.374 e. The van der Waals surface area contributed by atoms with Crippen molar-refractivity contribution in [2.24, 2.45) is 0 Å². The molecule has 0 aromatic rings. The van der Waals surface area contributed by atoms with E-state index in [1.807, 2.05) is 0 Å². The summed E-state index contributed by atoms with van der Waals surface area (Å²) in [5, 5.41) is 0. The van der Waals surface area contributed by atoms with Crippen LogP contribution in [-0.2, 0) is 18.9 Å². The Labute approximate surface area is 113 Å². The Morgan fingerprint density at radius 1 is 1.56 bits per heavy atom. The van der Waals surface area contributed by atoms with E-state index in [0.29, 0.717) is 13.2 Å². The third-order valence-electron chi connectivity index (χ3n) is 2.39. The first-order valence-electron chi connectivity index (χ1n) is 5.09. The van der Waals surface area contributed by atoms with Crippen LogP contribution in [0.2, 0.25) is 0 Å². The molecule has 8 heteroatoms. The van der Waals surface area contributed by atoms with Gasteiger partial charge in [-0.25, -0.2) is 13.1 Å². The normalized spacial score (nSPS) is 26.9. The van der Waals surface area contributed by atoms with Crippen LogP contribution in [0, 0.1) is 0 Å². The van der Waals surface area contributed by atoms with Gasteiger partial charge in [-0.2, -0.15) is 0 Å². The SMILES string of the molecule is CCS(=O)(=O)N[C@@H]1CC[C@@H](COSI)OC1. The summed E-state index contributed by atoms with van der Waals surface area (Å²) in [5.41, 5.74) is 0. The first kappa shape index (κ1) is 15.0. The molecule has 0 spiro atoms. The van der Waals surface area contributed by atoms with E-state index in [2.05, 4.69) is 25.9 Å². The van der Waals surface area contributed by atoms with Crippen molar-refractivity contribution in [2.45, 2.75) is 31.9 Å². The summed E-state index contributed by atoms with van der Waals surface area (Å²) in [6, 6.07) is -0.0894. The minimum atomic E-state index is -3.12. The molecule has 0 aliphatic carbocycles. The van der Waals surface area contributed by atoms with Crippen LogP contribution >= 0.6 is 30.4 Å². The van der Waals surface area contributed by atoms with Gasteiger partial charge in [0.25, 0.3) is 0 Å². The van der Waals surface area contributed by atoms with Gasteiger partial charge >= 0.3 is 0 Å². The highest BCUT2D eigenvalue weighted by atomic mass is 127. The Morgan fingerprint density at radius 3 is 2.81 bits per heavy atom. The molecule has 1 saturated heterocycles. The predicted molar refractivity (Wildman–Crippen MR) is 72.9 cm³/mol. The van der Waals surface area contributed by atoms with Gasteiger partial charge in [0.05, 0.1) is 34.3 Å². The molecule has 0 aromatic heterocycles. The molecule has 0 radical (unpaired) electrons.